The van der Waals surface area contributed by atoms with E-state index in [0.29, 0.717) is 6.54 Å². The fourth-order valence-corrected chi connectivity index (χ4v) is 2.48. The minimum absolute atomic E-state index is 0.0397. The molecular weight excluding hydrogens is 310 g/mol. The van der Waals surface area contributed by atoms with Crippen LogP contribution in [0.25, 0.3) is 0 Å². The maximum absolute atomic E-state index is 13.0. The number of hydrogen-bond donors (Lipinski definition) is 2. The van der Waals surface area contributed by atoms with Crippen molar-refractivity contribution in [1.82, 2.24) is 10.6 Å². The van der Waals surface area contributed by atoms with Crippen LogP contribution in [0, 0.1) is 17.6 Å². The van der Waals surface area contributed by atoms with Crippen LogP contribution >= 0.6 is 0 Å². The van der Waals surface area contributed by atoms with E-state index in [4.69, 9.17) is 0 Å². The van der Waals surface area contributed by atoms with Gasteiger partial charge >= 0.3 is 0 Å². The standard InChI is InChI=1S/C19H22F2N2O/c1-13(2)19(15-5-9-17(21)10-6-15)23-12-18(24)22-11-14-3-7-16(20)8-4-14/h3-10,13,19,23H,11-12H2,1-2H3,(H,22,24). The van der Waals surface area contributed by atoms with E-state index < -0.39 is 0 Å². The van der Waals surface area contributed by atoms with Gasteiger partial charge in [-0.15, -0.1) is 0 Å². The number of carbonyl (C=O) groups is 1. The molecule has 0 aliphatic heterocycles. The zero-order valence-electron chi connectivity index (χ0n) is 13.9. The summed E-state index contributed by atoms with van der Waals surface area (Å²) in [6.07, 6.45) is 0. The molecule has 0 radical (unpaired) electrons. The normalized spacial score (nSPS) is 12.2. The second-order valence-corrected chi connectivity index (χ2v) is 6.06. The van der Waals surface area contributed by atoms with Crippen molar-refractivity contribution < 1.29 is 13.6 Å². The molecule has 128 valence electrons. The van der Waals surface area contributed by atoms with E-state index in [2.05, 4.69) is 10.6 Å². The third-order valence-electron chi connectivity index (χ3n) is 3.78. The van der Waals surface area contributed by atoms with Crippen molar-refractivity contribution in [3.63, 3.8) is 0 Å². The van der Waals surface area contributed by atoms with Crippen molar-refractivity contribution in [3.8, 4) is 0 Å². The van der Waals surface area contributed by atoms with Crippen LogP contribution in [0.1, 0.15) is 31.0 Å². The van der Waals surface area contributed by atoms with Crippen molar-refractivity contribution in [2.45, 2.75) is 26.4 Å². The topological polar surface area (TPSA) is 41.1 Å². The van der Waals surface area contributed by atoms with Gasteiger partial charge in [0.1, 0.15) is 11.6 Å². The highest BCUT2D eigenvalue weighted by Gasteiger charge is 2.16. The predicted molar refractivity (Wildman–Crippen MR) is 90.2 cm³/mol. The third kappa shape index (κ3) is 5.42. The number of hydrogen-bond acceptors (Lipinski definition) is 2. The second kappa shape index (κ2) is 8.55. The molecule has 2 rings (SSSR count). The molecule has 0 aromatic heterocycles. The first-order valence-corrected chi connectivity index (χ1v) is 7.95. The summed E-state index contributed by atoms with van der Waals surface area (Å²) in [5.74, 6) is -0.475. The van der Waals surface area contributed by atoms with E-state index in [-0.39, 0.29) is 36.0 Å². The molecule has 1 unspecified atom stereocenters. The monoisotopic (exact) mass is 332 g/mol. The van der Waals surface area contributed by atoms with Crippen LogP contribution < -0.4 is 10.6 Å². The average molecular weight is 332 g/mol. The molecule has 0 fully saturated rings. The first-order chi connectivity index (χ1) is 11.5. The average Bonchev–Trinajstić information content (AvgIpc) is 2.56. The van der Waals surface area contributed by atoms with Crippen LogP contribution in [0.3, 0.4) is 0 Å². The molecule has 24 heavy (non-hydrogen) atoms. The quantitative estimate of drug-likeness (QED) is 0.814. The predicted octanol–water partition coefficient (Wildman–Crippen LogP) is 3.57. The van der Waals surface area contributed by atoms with Gasteiger partial charge in [-0.2, -0.15) is 0 Å². The molecule has 3 nitrogen and oxygen atoms in total. The molecule has 0 spiro atoms. The fraction of sp³-hybridized carbons (Fsp3) is 0.316. The Bertz CT molecular complexity index is 654. The Labute approximate surface area is 141 Å². The Morgan fingerprint density at radius 2 is 1.50 bits per heavy atom. The number of carbonyl (C=O) groups excluding carboxylic acids is 1. The van der Waals surface area contributed by atoms with Crippen molar-refractivity contribution in [1.29, 1.82) is 0 Å². The Kier molecular flexibility index (Phi) is 6.44. The van der Waals surface area contributed by atoms with Gasteiger partial charge in [-0.05, 0) is 41.3 Å². The summed E-state index contributed by atoms with van der Waals surface area (Å²) < 4.78 is 25.9. The highest BCUT2D eigenvalue weighted by Crippen LogP contribution is 2.21. The molecule has 0 saturated carbocycles. The molecule has 0 saturated heterocycles. The summed E-state index contributed by atoms with van der Waals surface area (Å²) in [7, 11) is 0. The lowest BCUT2D eigenvalue weighted by molar-refractivity contribution is -0.120. The molecule has 0 aliphatic carbocycles. The molecule has 0 bridgehead atoms. The van der Waals surface area contributed by atoms with E-state index in [0.717, 1.165) is 11.1 Å². The Hall–Kier alpha value is -2.27. The summed E-state index contributed by atoms with van der Waals surface area (Å²) in [4.78, 5) is 12.0. The molecule has 1 amide bonds. The first-order valence-electron chi connectivity index (χ1n) is 7.95. The van der Waals surface area contributed by atoms with Gasteiger partial charge in [-0.25, -0.2) is 8.78 Å². The van der Waals surface area contributed by atoms with Gasteiger partial charge in [0.05, 0.1) is 6.54 Å². The zero-order valence-corrected chi connectivity index (χ0v) is 13.9. The van der Waals surface area contributed by atoms with Gasteiger partial charge in [0.25, 0.3) is 0 Å². The van der Waals surface area contributed by atoms with Crippen molar-refractivity contribution in [3.05, 3.63) is 71.3 Å². The summed E-state index contributed by atoms with van der Waals surface area (Å²) in [5, 5.41) is 5.99. The summed E-state index contributed by atoms with van der Waals surface area (Å²) in [6.45, 7) is 4.58. The van der Waals surface area contributed by atoms with Gasteiger partial charge < -0.3 is 10.6 Å². The summed E-state index contributed by atoms with van der Waals surface area (Å²) in [5.41, 5.74) is 1.78. The lowest BCUT2D eigenvalue weighted by atomic mass is 9.96. The van der Waals surface area contributed by atoms with Crippen LogP contribution in [0.15, 0.2) is 48.5 Å². The van der Waals surface area contributed by atoms with Gasteiger partial charge in [0.15, 0.2) is 0 Å². The molecule has 2 aromatic carbocycles. The van der Waals surface area contributed by atoms with Crippen molar-refractivity contribution in [2.75, 3.05) is 6.54 Å². The first kappa shape index (κ1) is 18.1. The van der Waals surface area contributed by atoms with E-state index in [1.165, 1.54) is 24.3 Å². The van der Waals surface area contributed by atoms with Gasteiger partial charge in [-0.3, -0.25) is 4.79 Å². The van der Waals surface area contributed by atoms with Crippen LogP contribution in [0.5, 0.6) is 0 Å². The molecular formula is C19H22F2N2O. The molecule has 2 aromatic rings. The number of amides is 1. The zero-order chi connectivity index (χ0) is 17.5. The van der Waals surface area contributed by atoms with Gasteiger partial charge in [0, 0.05) is 12.6 Å². The van der Waals surface area contributed by atoms with E-state index in [1.54, 1.807) is 24.3 Å². The number of rotatable bonds is 7. The largest absolute Gasteiger partial charge is 0.351 e. The smallest absolute Gasteiger partial charge is 0.234 e. The number of benzene rings is 2. The Balaban J connectivity index is 1.86. The molecule has 0 aliphatic rings. The van der Waals surface area contributed by atoms with E-state index >= 15 is 0 Å². The minimum Gasteiger partial charge on any atom is -0.351 e. The molecule has 2 N–H and O–H groups in total. The van der Waals surface area contributed by atoms with Crippen LogP contribution in [0.4, 0.5) is 8.78 Å². The highest BCUT2D eigenvalue weighted by atomic mass is 19.1. The maximum atomic E-state index is 13.0. The van der Waals surface area contributed by atoms with Gasteiger partial charge in [-0.1, -0.05) is 38.1 Å². The molecule has 0 heterocycles. The molecule has 1 atom stereocenters. The molecule has 5 heteroatoms. The SMILES string of the molecule is CC(C)C(NCC(=O)NCc1ccc(F)cc1)c1ccc(F)cc1. The van der Waals surface area contributed by atoms with Crippen molar-refractivity contribution >= 4 is 5.91 Å². The van der Waals surface area contributed by atoms with Crippen molar-refractivity contribution in [2.24, 2.45) is 5.92 Å². The van der Waals surface area contributed by atoms with Crippen LogP contribution in [0.2, 0.25) is 0 Å². The third-order valence-corrected chi connectivity index (χ3v) is 3.78. The number of nitrogens with one attached hydrogen (secondary N) is 2. The Morgan fingerprint density at radius 3 is 2.04 bits per heavy atom. The maximum Gasteiger partial charge on any atom is 0.234 e. The van der Waals surface area contributed by atoms with E-state index in [1.807, 2.05) is 13.8 Å². The lowest BCUT2D eigenvalue weighted by Crippen LogP contribution is -2.37. The summed E-state index contributed by atoms with van der Waals surface area (Å²) >= 11 is 0. The fourth-order valence-electron chi connectivity index (χ4n) is 2.48. The van der Waals surface area contributed by atoms with Crippen LogP contribution in [-0.4, -0.2) is 12.5 Å². The minimum atomic E-state index is -0.300. The summed E-state index contributed by atoms with van der Waals surface area (Å²) in [6, 6.07) is 12.2. The number of halogens is 2. The Morgan fingerprint density at radius 1 is 0.958 bits per heavy atom. The van der Waals surface area contributed by atoms with Gasteiger partial charge in [0.2, 0.25) is 5.91 Å². The highest BCUT2D eigenvalue weighted by molar-refractivity contribution is 5.78. The second-order valence-electron chi connectivity index (χ2n) is 6.06. The van der Waals surface area contributed by atoms with E-state index in [9.17, 15) is 13.6 Å². The lowest BCUT2D eigenvalue weighted by Gasteiger charge is -2.22. The van der Waals surface area contributed by atoms with Crippen LogP contribution in [-0.2, 0) is 11.3 Å².